The first-order valence-corrected chi connectivity index (χ1v) is 10.7. The van der Waals surface area contributed by atoms with E-state index in [2.05, 4.69) is 15.2 Å². The zero-order chi connectivity index (χ0) is 22.6. The lowest BCUT2D eigenvalue weighted by Gasteiger charge is -2.13. The Morgan fingerprint density at radius 1 is 1.10 bits per heavy atom. The zero-order valence-electron chi connectivity index (χ0n) is 16.0. The molecule has 0 saturated heterocycles. The predicted molar refractivity (Wildman–Crippen MR) is 118 cm³/mol. The Balaban J connectivity index is 1.99. The monoisotopic (exact) mass is 462 g/mol. The average molecular weight is 463 g/mol. The summed E-state index contributed by atoms with van der Waals surface area (Å²) in [5, 5.41) is 15.6. The van der Waals surface area contributed by atoms with Gasteiger partial charge in [-0.2, -0.15) is 5.10 Å². The smallest absolute Gasteiger partial charge is 0.270 e. The molecule has 0 aliphatic carbocycles. The van der Waals surface area contributed by atoms with Gasteiger partial charge in [-0.25, -0.2) is 12.8 Å². The number of benzene rings is 3. The second kappa shape index (κ2) is 9.11. The van der Waals surface area contributed by atoms with Crippen molar-refractivity contribution in [2.75, 3.05) is 10.1 Å². The molecule has 0 heterocycles. The first kappa shape index (κ1) is 22.2. The maximum absolute atomic E-state index is 13.9. The molecular weight excluding hydrogens is 447 g/mol. The molecule has 31 heavy (non-hydrogen) atoms. The fourth-order valence-electron chi connectivity index (χ4n) is 2.63. The van der Waals surface area contributed by atoms with E-state index in [0.717, 1.165) is 12.1 Å². The first-order valence-electron chi connectivity index (χ1n) is 8.79. The molecule has 0 aliphatic heterocycles. The standard InChI is InChI=1S/C20H16ClFN4O4S/c1-13(17-4-2-3-5-18(17)22)23-24-19-11-10-16(26(27)28)12-20(19)31(29,30)25-15-8-6-14(21)7-9-15/h2-12,24-25H,1H3. The number of hydrazone groups is 1. The topological polar surface area (TPSA) is 114 Å². The fourth-order valence-corrected chi connectivity index (χ4v) is 3.99. The van der Waals surface area contributed by atoms with Crippen molar-refractivity contribution >= 4 is 44.4 Å². The Bertz CT molecular complexity index is 1260. The van der Waals surface area contributed by atoms with E-state index >= 15 is 0 Å². The summed E-state index contributed by atoms with van der Waals surface area (Å²) in [6, 6.07) is 15.1. The third kappa shape index (κ3) is 5.36. The highest BCUT2D eigenvalue weighted by molar-refractivity contribution is 7.92. The van der Waals surface area contributed by atoms with Crippen molar-refractivity contribution in [3.8, 4) is 0 Å². The number of hydrogen-bond donors (Lipinski definition) is 2. The largest absolute Gasteiger partial charge is 0.280 e. The van der Waals surface area contributed by atoms with Crippen molar-refractivity contribution in [1.29, 1.82) is 0 Å². The number of anilines is 2. The third-order valence-electron chi connectivity index (χ3n) is 4.17. The van der Waals surface area contributed by atoms with Crippen molar-refractivity contribution < 1.29 is 17.7 Å². The third-order valence-corrected chi connectivity index (χ3v) is 5.84. The second-order valence-corrected chi connectivity index (χ2v) is 8.43. The van der Waals surface area contributed by atoms with Gasteiger partial charge in [-0.1, -0.05) is 29.8 Å². The molecular formula is C20H16ClFN4O4S. The minimum Gasteiger partial charge on any atom is -0.280 e. The van der Waals surface area contributed by atoms with Crippen LogP contribution in [-0.2, 0) is 10.0 Å². The molecule has 0 amide bonds. The maximum Gasteiger partial charge on any atom is 0.270 e. The minimum atomic E-state index is -4.24. The molecule has 0 radical (unpaired) electrons. The van der Waals surface area contributed by atoms with E-state index in [0.29, 0.717) is 5.02 Å². The van der Waals surface area contributed by atoms with Crippen LogP contribution >= 0.6 is 11.6 Å². The minimum absolute atomic E-state index is 0.0252. The molecule has 0 bridgehead atoms. The van der Waals surface area contributed by atoms with E-state index in [1.165, 1.54) is 55.5 Å². The zero-order valence-corrected chi connectivity index (χ0v) is 17.6. The Morgan fingerprint density at radius 2 is 1.77 bits per heavy atom. The molecule has 0 fully saturated rings. The van der Waals surface area contributed by atoms with Crippen LogP contribution in [0.1, 0.15) is 12.5 Å². The normalized spacial score (nSPS) is 11.8. The van der Waals surface area contributed by atoms with Crippen LogP contribution in [0, 0.1) is 15.9 Å². The quantitative estimate of drug-likeness (QED) is 0.290. The van der Waals surface area contributed by atoms with E-state index < -0.39 is 31.3 Å². The van der Waals surface area contributed by atoms with Crippen LogP contribution in [0.15, 0.2) is 76.7 Å². The highest BCUT2D eigenvalue weighted by Crippen LogP contribution is 2.29. The maximum atomic E-state index is 13.9. The molecule has 3 aromatic carbocycles. The summed E-state index contributed by atoms with van der Waals surface area (Å²) >= 11 is 5.81. The molecule has 2 N–H and O–H groups in total. The Morgan fingerprint density at radius 3 is 2.42 bits per heavy atom. The van der Waals surface area contributed by atoms with Gasteiger partial charge in [-0.3, -0.25) is 20.3 Å². The van der Waals surface area contributed by atoms with E-state index in [-0.39, 0.29) is 22.6 Å². The van der Waals surface area contributed by atoms with E-state index in [1.54, 1.807) is 6.07 Å². The van der Waals surface area contributed by atoms with E-state index in [1.807, 2.05) is 0 Å². The lowest BCUT2D eigenvalue weighted by atomic mass is 10.1. The fraction of sp³-hybridized carbons (Fsp3) is 0.0500. The lowest BCUT2D eigenvalue weighted by molar-refractivity contribution is -0.385. The van der Waals surface area contributed by atoms with Gasteiger partial charge in [0.25, 0.3) is 15.7 Å². The SMILES string of the molecule is CC(=NNc1ccc([N+](=O)[O-])cc1S(=O)(=O)Nc1ccc(Cl)cc1)c1ccccc1F. The molecule has 0 saturated carbocycles. The van der Waals surface area contributed by atoms with Crippen molar-refractivity contribution in [1.82, 2.24) is 0 Å². The van der Waals surface area contributed by atoms with Gasteiger partial charge in [0.15, 0.2) is 0 Å². The van der Waals surface area contributed by atoms with Gasteiger partial charge in [-0.15, -0.1) is 0 Å². The van der Waals surface area contributed by atoms with Gasteiger partial charge in [0.2, 0.25) is 0 Å². The van der Waals surface area contributed by atoms with Crippen molar-refractivity contribution in [2.45, 2.75) is 11.8 Å². The van der Waals surface area contributed by atoms with Crippen LogP contribution in [0.25, 0.3) is 0 Å². The van der Waals surface area contributed by atoms with Crippen LogP contribution in [0.4, 0.5) is 21.5 Å². The molecule has 3 aromatic rings. The molecule has 0 atom stereocenters. The van der Waals surface area contributed by atoms with Crippen molar-refractivity contribution in [3.63, 3.8) is 0 Å². The Hall–Kier alpha value is -3.50. The van der Waals surface area contributed by atoms with Gasteiger partial charge in [-0.05, 0) is 43.3 Å². The molecule has 0 aromatic heterocycles. The van der Waals surface area contributed by atoms with Crippen molar-refractivity contribution in [2.24, 2.45) is 5.10 Å². The van der Waals surface area contributed by atoms with Gasteiger partial charge in [0, 0.05) is 28.4 Å². The van der Waals surface area contributed by atoms with Crippen LogP contribution in [-0.4, -0.2) is 19.1 Å². The van der Waals surface area contributed by atoms with Crippen molar-refractivity contribution in [3.05, 3.63) is 93.2 Å². The number of nitrogens with zero attached hydrogens (tertiary/aromatic N) is 2. The van der Waals surface area contributed by atoms with E-state index in [9.17, 15) is 22.9 Å². The van der Waals surface area contributed by atoms with Gasteiger partial charge < -0.3 is 0 Å². The number of nitro benzene ring substituents is 1. The number of nitro groups is 1. The van der Waals surface area contributed by atoms with Crippen LogP contribution < -0.4 is 10.1 Å². The summed E-state index contributed by atoms with van der Waals surface area (Å²) in [4.78, 5) is 10.1. The van der Waals surface area contributed by atoms with Crippen LogP contribution in [0.5, 0.6) is 0 Å². The summed E-state index contributed by atoms with van der Waals surface area (Å²) < 4.78 is 42.2. The number of hydrogen-bond acceptors (Lipinski definition) is 6. The molecule has 8 nitrogen and oxygen atoms in total. The number of sulfonamides is 1. The molecule has 11 heteroatoms. The lowest BCUT2D eigenvalue weighted by Crippen LogP contribution is -2.15. The highest BCUT2D eigenvalue weighted by Gasteiger charge is 2.23. The summed E-state index contributed by atoms with van der Waals surface area (Å²) in [6.45, 7) is 1.54. The molecule has 0 unspecified atom stereocenters. The highest BCUT2D eigenvalue weighted by atomic mass is 35.5. The summed E-state index contributed by atoms with van der Waals surface area (Å²) in [6.07, 6.45) is 0. The Kier molecular flexibility index (Phi) is 6.52. The summed E-state index contributed by atoms with van der Waals surface area (Å²) in [7, 11) is -4.24. The number of rotatable bonds is 7. The van der Waals surface area contributed by atoms with Gasteiger partial charge in [0.05, 0.1) is 16.3 Å². The van der Waals surface area contributed by atoms with Gasteiger partial charge in [0.1, 0.15) is 10.7 Å². The average Bonchev–Trinajstić information content (AvgIpc) is 2.73. The molecule has 0 aliphatic rings. The summed E-state index contributed by atoms with van der Waals surface area (Å²) in [5.74, 6) is -0.494. The van der Waals surface area contributed by atoms with E-state index in [4.69, 9.17) is 11.6 Å². The molecule has 160 valence electrons. The number of nitrogens with one attached hydrogen (secondary N) is 2. The first-order chi connectivity index (χ1) is 14.7. The van der Waals surface area contributed by atoms with Gasteiger partial charge >= 0.3 is 0 Å². The Labute approximate surface area is 182 Å². The number of halogens is 2. The number of non-ortho nitro benzene ring substituents is 1. The van der Waals surface area contributed by atoms with Crippen LogP contribution in [0.2, 0.25) is 5.02 Å². The summed E-state index contributed by atoms with van der Waals surface area (Å²) in [5.41, 5.74) is 2.81. The molecule has 0 spiro atoms. The predicted octanol–water partition coefficient (Wildman–Crippen LogP) is 5.02. The van der Waals surface area contributed by atoms with Crippen LogP contribution in [0.3, 0.4) is 0 Å². The molecule has 3 rings (SSSR count). The second-order valence-electron chi connectivity index (χ2n) is 6.34.